The van der Waals surface area contributed by atoms with E-state index in [0.29, 0.717) is 12.0 Å². The fourth-order valence-corrected chi connectivity index (χ4v) is 3.58. The van der Waals surface area contributed by atoms with Crippen LogP contribution in [-0.2, 0) is 7.05 Å². The van der Waals surface area contributed by atoms with Crippen molar-refractivity contribution in [2.24, 2.45) is 18.9 Å². The molecule has 1 aliphatic rings. The second kappa shape index (κ2) is 5.48. The van der Waals surface area contributed by atoms with Gasteiger partial charge >= 0.3 is 0 Å². The average molecular weight is 301 g/mol. The second-order valence-electron chi connectivity index (χ2n) is 5.00. The molecule has 1 aromatic heterocycles. The zero-order valence-corrected chi connectivity index (χ0v) is 12.4. The third-order valence-corrected chi connectivity index (χ3v) is 4.47. The molecule has 0 spiro atoms. The summed E-state index contributed by atoms with van der Waals surface area (Å²) in [5.41, 5.74) is 1.19. The number of rotatable bonds is 4. The summed E-state index contributed by atoms with van der Waals surface area (Å²) in [6, 6.07) is 0.367. The lowest BCUT2D eigenvalue weighted by atomic mass is 9.88. The van der Waals surface area contributed by atoms with Gasteiger partial charge in [-0.1, -0.05) is 31.9 Å². The van der Waals surface area contributed by atoms with Gasteiger partial charge in [-0.05, 0) is 40.7 Å². The highest BCUT2D eigenvalue weighted by Crippen LogP contribution is 2.41. The van der Waals surface area contributed by atoms with Crippen LogP contribution in [0.2, 0.25) is 0 Å². The minimum atomic E-state index is 0.367. The van der Waals surface area contributed by atoms with Crippen molar-refractivity contribution in [3.8, 4) is 0 Å². The summed E-state index contributed by atoms with van der Waals surface area (Å²) in [5, 5.41) is 11.8. The van der Waals surface area contributed by atoms with Gasteiger partial charge in [0.15, 0.2) is 4.60 Å². The molecule has 4 nitrogen and oxygen atoms in total. The molecule has 2 rings (SSSR count). The highest BCUT2D eigenvalue weighted by atomic mass is 79.9. The van der Waals surface area contributed by atoms with Gasteiger partial charge in [0.05, 0.1) is 11.7 Å². The largest absolute Gasteiger partial charge is 0.309 e. The lowest BCUT2D eigenvalue weighted by Crippen LogP contribution is -2.31. The number of hydrogen-bond donors (Lipinski definition) is 1. The molecule has 0 bridgehead atoms. The van der Waals surface area contributed by atoms with Crippen molar-refractivity contribution in [3.05, 3.63) is 10.3 Å². The molecular weight excluding hydrogens is 280 g/mol. The van der Waals surface area contributed by atoms with Crippen LogP contribution < -0.4 is 5.32 Å². The van der Waals surface area contributed by atoms with E-state index in [1.54, 1.807) is 0 Å². The zero-order valence-electron chi connectivity index (χ0n) is 10.8. The van der Waals surface area contributed by atoms with E-state index >= 15 is 0 Å². The van der Waals surface area contributed by atoms with E-state index in [-0.39, 0.29) is 0 Å². The summed E-state index contributed by atoms with van der Waals surface area (Å²) in [6.07, 6.45) is 3.99. The summed E-state index contributed by atoms with van der Waals surface area (Å²) < 4.78 is 2.77. The van der Waals surface area contributed by atoms with Crippen LogP contribution in [0.1, 0.15) is 44.8 Å². The fraction of sp³-hybridized carbons (Fsp3) is 0.833. The predicted molar refractivity (Wildman–Crippen MR) is 71.6 cm³/mol. The lowest BCUT2D eigenvalue weighted by Gasteiger charge is -2.27. The number of nitrogens with zero attached hydrogens (tertiary/aromatic N) is 3. The van der Waals surface area contributed by atoms with Crippen LogP contribution in [0.25, 0.3) is 0 Å². The van der Waals surface area contributed by atoms with Crippen molar-refractivity contribution >= 4 is 15.9 Å². The van der Waals surface area contributed by atoms with E-state index in [9.17, 15) is 0 Å². The van der Waals surface area contributed by atoms with Crippen molar-refractivity contribution in [1.82, 2.24) is 20.3 Å². The van der Waals surface area contributed by atoms with Crippen molar-refractivity contribution in [2.45, 2.75) is 39.2 Å². The first kappa shape index (κ1) is 13.0. The monoisotopic (exact) mass is 300 g/mol. The Hall–Kier alpha value is -0.420. The SMILES string of the molecule is CCNC(c1c(Br)nnn1C)C1CCCC1C. The minimum Gasteiger partial charge on any atom is -0.309 e. The van der Waals surface area contributed by atoms with E-state index in [1.807, 2.05) is 11.7 Å². The van der Waals surface area contributed by atoms with Crippen LogP contribution in [0.3, 0.4) is 0 Å². The molecule has 0 amide bonds. The molecule has 1 heterocycles. The Bertz CT molecular complexity index is 357. The Morgan fingerprint density at radius 2 is 2.29 bits per heavy atom. The van der Waals surface area contributed by atoms with Gasteiger partial charge in [-0.2, -0.15) is 0 Å². The van der Waals surface area contributed by atoms with Crippen LogP contribution >= 0.6 is 15.9 Å². The fourth-order valence-electron chi connectivity index (χ4n) is 3.01. The maximum absolute atomic E-state index is 4.11. The molecule has 3 unspecified atom stereocenters. The Morgan fingerprint density at radius 1 is 1.53 bits per heavy atom. The highest BCUT2D eigenvalue weighted by Gasteiger charge is 2.34. The molecule has 5 heteroatoms. The molecule has 96 valence electrons. The summed E-state index contributed by atoms with van der Waals surface area (Å²) >= 11 is 3.52. The molecular formula is C12H21BrN4. The molecule has 1 saturated carbocycles. The van der Waals surface area contributed by atoms with Crippen LogP contribution in [0, 0.1) is 11.8 Å². The maximum atomic E-state index is 4.11. The van der Waals surface area contributed by atoms with Crippen molar-refractivity contribution in [1.29, 1.82) is 0 Å². The van der Waals surface area contributed by atoms with Crippen LogP contribution in [0.4, 0.5) is 0 Å². The number of halogens is 1. The van der Waals surface area contributed by atoms with Gasteiger partial charge in [-0.15, -0.1) is 5.10 Å². The predicted octanol–water partition coefficient (Wildman–Crippen LogP) is 2.66. The van der Waals surface area contributed by atoms with Crippen LogP contribution in [0.5, 0.6) is 0 Å². The molecule has 17 heavy (non-hydrogen) atoms. The first-order valence-electron chi connectivity index (χ1n) is 6.43. The van der Waals surface area contributed by atoms with Gasteiger partial charge in [0, 0.05) is 7.05 Å². The van der Waals surface area contributed by atoms with E-state index in [0.717, 1.165) is 17.1 Å². The topological polar surface area (TPSA) is 42.7 Å². The van der Waals surface area contributed by atoms with Gasteiger partial charge in [-0.3, -0.25) is 0 Å². The normalized spacial score (nSPS) is 26.4. The first-order chi connectivity index (χ1) is 8.15. The maximum Gasteiger partial charge on any atom is 0.153 e. The number of aromatic nitrogens is 3. The van der Waals surface area contributed by atoms with E-state index in [1.165, 1.54) is 25.0 Å². The highest BCUT2D eigenvalue weighted by molar-refractivity contribution is 9.10. The van der Waals surface area contributed by atoms with Gasteiger partial charge in [-0.25, -0.2) is 4.68 Å². The molecule has 1 fully saturated rings. The molecule has 1 aromatic rings. The first-order valence-corrected chi connectivity index (χ1v) is 7.22. The van der Waals surface area contributed by atoms with Crippen LogP contribution in [-0.4, -0.2) is 21.5 Å². The molecule has 0 radical (unpaired) electrons. The Labute approximate surface area is 111 Å². The summed E-state index contributed by atoms with van der Waals surface area (Å²) in [6.45, 7) is 5.50. The molecule has 1 N–H and O–H groups in total. The third-order valence-electron chi connectivity index (χ3n) is 3.90. The van der Waals surface area contributed by atoms with Gasteiger partial charge in [0.2, 0.25) is 0 Å². The number of nitrogens with one attached hydrogen (secondary N) is 1. The molecule has 0 aliphatic heterocycles. The van der Waals surface area contributed by atoms with Crippen molar-refractivity contribution in [3.63, 3.8) is 0 Å². The second-order valence-corrected chi connectivity index (χ2v) is 5.75. The number of hydrogen-bond acceptors (Lipinski definition) is 3. The van der Waals surface area contributed by atoms with Crippen LogP contribution in [0.15, 0.2) is 4.60 Å². The third kappa shape index (κ3) is 2.55. The molecule has 3 atom stereocenters. The summed E-state index contributed by atoms with van der Waals surface area (Å²) in [7, 11) is 1.97. The Balaban J connectivity index is 2.28. The molecule has 0 aromatic carbocycles. The van der Waals surface area contributed by atoms with Gasteiger partial charge in [0.25, 0.3) is 0 Å². The average Bonchev–Trinajstić information content (AvgIpc) is 2.84. The van der Waals surface area contributed by atoms with E-state index in [4.69, 9.17) is 0 Å². The standard InChI is InChI=1S/C12H21BrN4/c1-4-14-10(9-7-5-6-8(9)2)11-12(13)15-16-17(11)3/h8-10,14H,4-7H2,1-3H3. The minimum absolute atomic E-state index is 0.367. The quantitative estimate of drug-likeness (QED) is 0.929. The smallest absolute Gasteiger partial charge is 0.153 e. The zero-order chi connectivity index (χ0) is 12.4. The van der Waals surface area contributed by atoms with E-state index in [2.05, 4.69) is 45.4 Å². The van der Waals surface area contributed by atoms with Gasteiger partial charge in [0.1, 0.15) is 0 Å². The Kier molecular flexibility index (Phi) is 4.20. The van der Waals surface area contributed by atoms with Crippen molar-refractivity contribution in [2.75, 3.05) is 6.54 Å². The molecule has 1 aliphatic carbocycles. The van der Waals surface area contributed by atoms with Gasteiger partial charge < -0.3 is 5.32 Å². The lowest BCUT2D eigenvalue weighted by molar-refractivity contribution is 0.293. The number of aryl methyl sites for hydroxylation is 1. The summed E-state index contributed by atoms with van der Waals surface area (Å²) in [5.74, 6) is 1.48. The van der Waals surface area contributed by atoms with Crippen molar-refractivity contribution < 1.29 is 0 Å². The van der Waals surface area contributed by atoms with E-state index < -0.39 is 0 Å². The Morgan fingerprint density at radius 3 is 2.76 bits per heavy atom. The summed E-state index contributed by atoms with van der Waals surface area (Å²) in [4.78, 5) is 0. The molecule has 0 saturated heterocycles.